The molecule has 0 saturated heterocycles. The molecule has 1 rings (SSSR count). The van der Waals surface area contributed by atoms with Gasteiger partial charge in [0.2, 0.25) is 5.96 Å². The lowest BCUT2D eigenvalue weighted by Crippen LogP contribution is -2.37. The van der Waals surface area contributed by atoms with E-state index < -0.39 is 0 Å². The third-order valence-electron chi connectivity index (χ3n) is 4.08. The van der Waals surface area contributed by atoms with Gasteiger partial charge in [-0.1, -0.05) is 69.4 Å². The second-order valence-electron chi connectivity index (χ2n) is 6.32. The van der Waals surface area contributed by atoms with Crippen LogP contribution in [0.1, 0.15) is 51.0 Å². The smallest absolute Gasteiger partial charge is 0.221 e. The average Bonchev–Trinajstić information content (AvgIpc) is 2.58. The minimum Gasteiger partial charge on any atom is -0.369 e. The van der Waals surface area contributed by atoms with Crippen LogP contribution in [0.2, 0.25) is 0 Å². The zero-order chi connectivity index (χ0) is 17.8. The molecule has 5 nitrogen and oxygen atoms in total. The van der Waals surface area contributed by atoms with E-state index in [1.807, 2.05) is 49.3 Å². The molecule has 0 radical (unpaired) electrons. The predicted molar refractivity (Wildman–Crippen MR) is 118 cm³/mol. The van der Waals surface area contributed by atoms with Gasteiger partial charge in [0, 0.05) is 27.2 Å². The van der Waals surface area contributed by atoms with Crippen molar-refractivity contribution in [3.63, 3.8) is 0 Å². The number of benzene rings is 1. The normalized spacial score (nSPS) is 10.5. The molecule has 150 valence electrons. The van der Waals surface area contributed by atoms with E-state index in [0.717, 1.165) is 18.5 Å². The van der Waals surface area contributed by atoms with Crippen molar-refractivity contribution < 1.29 is 0 Å². The van der Waals surface area contributed by atoms with Crippen LogP contribution in [0.3, 0.4) is 0 Å². The Hall–Kier alpha value is -1.46. The molecule has 0 fully saturated rings. The highest BCUT2D eigenvalue weighted by Gasteiger charge is 2.07. The topological polar surface area (TPSA) is 68.7 Å². The molecule has 0 bridgehead atoms. The van der Waals surface area contributed by atoms with Gasteiger partial charge < -0.3 is 15.5 Å². The zero-order valence-corrected chi connectivity index (χ0v) is 17.9. The first-order valence-corrected chi connectivity index (χ1v) is 8.93. The summed E-state index contributed by atoms with van der Waals surface area (Å²) in [5, 5.41) is 8.09. The molecular weight excluding hydrogens is 369 g/mol. The van der Waals surface area contributed by atoms with Crippen molar-refractivity contribution in [1.82, 2.24) is 9.80 Å². The van der Waals surface area contributed by atoms with E-state index in [-0.39, 0.29) is 30.8 Å². The molecule has 0 heterocycles. The van der Waals surface area contributed by atoms with Crippen LogP contribution in [0, 0.1) is 5.41 Å². The van der Waals surface area contributed by atoms with E-state index in [9.17, 15) is 0 Å². The molecule has 0 amide bonds. The SMILES string of the molecule is CCCCCCCCN(C)/C(N)=N\C(=N)N(C)Cc1ccccc1.Cl.Cl. The molecule has 7 heteroatoms. The van der Waals surface area contributed by atoms with Gasteiger partial charge in [0.15, 0.2) is 5.96 Å². The summed E-state index contributed by atoms with van der Waals surface area (Å²) in [6.07, 6.45) is 7.54. The van der Waals surface area contributed by atoms with Crippen LogP contribution < -0.4 is 5.73 Å². The van der Waals surface area contributed by atoms with Gasteiger partial charge in [0.25, 0.3) is 0 Å². The lowest BCUT2D eigenvalue weighted by atomic mass is 10.1. The van der Waals surface area contributed by atoms with E-state index in [1.54, 1.807) is 4.90 Å². The predicted octanol–water partition coefficient (Wildman–Crippen LogP) is 4.50. The Kier molecular flexibility index (Phi) is 16.2. The summed E-state index contributed by atoms with van der Waals surface area (Å²) in [6, 6.07) is 10.1. The van der Waals surface area contributed by atoms with Gasteiger partial charge in [-0.3, -0.25) is 5.41 Å². The minimum absolute atomic E-state index is 0. The van der Waals surface area contributed by atoms with E-state index in [0.29, 0.717) is 12.5 Å². The highest BCUT2D eigenvalue weighted by molar-refractivity contribution is 5.92. The average molecular weight is 404 g/mol. The summed E-state index contributed by atoms with van der Waals surface area (Å²) in [6.45, 7) is 3.77. The summed E-state index contributed by atoms with van der Waals surface area (Å²) in [4.78, 5) is 7.96. The maximum Gasteiger partial charge on any atom is 0.221 e. The quantitative estimate of drug-likeness (QED) is 0.362. The molecule has 0 aliphatic rings. The molecule has 0 unspecified atom stereocenters. The van der Waals surface area contributed by atoms with Crippen molar-refractivity contribution in [2.24, 2.45) is 10.7 Å². The van der Waals surface area contributed by atoms with E-state index in [4.69, 9.17) is 11.1 Å². The van der Waals surface area contributed by atoms with Gasteiger partial charge >= 0.3 is 0 Å². The van der Waals surface area contributed by atoms with Gasteiger partial charge in [0.05, 0.1) is 0 Å². The monoisotopic (exact) mass is 403 g/mol. The Morgan fingerprint density at radius 1 is 0.962 bits per heavy atom. The number of guanidine groups is 2. The molecule has 0 saturated carbocycles. The Labute approximate surface area is 171 Å². The van der Waals surface area contributed by atoms with Gasteiger partial charge in [-0.15, -0.1) is 24.8 Å². The van der Waals surface area contributed by atoms with Crippen molar-refractivity contribution in [3.8, 4) is 0 Å². The summed E-state index contributed by atoms with van der Waals surface area (Å²) < 4.78 is 0. The maximum atomic E-state index is 8.09. The molecule has 1 aromatic carbocycles. The number of rotatable bonds is 9. The van der Waals surface area contributed by atoms with E-state index >= 15 is 0 Å². The number of nitrogens with one attached hydrogen (secondary N) is 1. The number of hydrogen-bond donors (Lipinski definition) is 2. The van der Waals surface area contributed by atoms with Crippen molar-refractivity contribution in [3.05, 3.63) is 35.9 Å². The zero-order valence-electron chi connectivity index (χ0n) is 16.3. The first-order valence-electron chi connectivity index (χ1n) is 8.93. The number of unbranched alkanes of at least 4 members (excludes halogenated alkanes) is 5. The Morgan fingerprint density at radius 2 is 1.54 bits per heavy atom. The molecular formula is C19H35Cl2N5. The lowest BCUT2D eigenvalue weighted by molar-refractivity contribution is 0.458. The van der Waals surface area contributed by atoms with Crippen LogP contribution in [-0.4, -0.2) is 42.4 Å². The molecule has 0 spiro atoms. The lowest BCUT2D eigenvalue weighted by Gasteiger charge is -2.21. The van der Waals surface area contributed by atoms with Crippen molar-refractivity contribution in [2.75, 3.05) is 20.6 Å². The van der Waals surface area contributed by atoms with Crippen LogP contribution in [0.4, 0.5) is 0 Å². The second kappa shape index (κ2) is 15.8. The first-order chi connectivity index (χ1) is 11.5. The number of aliphatic imine (C=N–C) groups is 1. The molecule has 0 aliphatic heterocycles. The number of nitrogens with two attached hydrogens (primary N) is 1. The fourth-order valence-electron chi connectivity index (χ4n) is 2.46. The first kappa shape index (κ1) is 26.8. The van der Waals surface area contributed by atoms with E-state index in [1.165, 1.54) is 32.1 Å². The van der Waals surface area contributed by atoms with Crippen LogP contribution >= 0.6 is 24.8 Å². The van der Waals surface area contributed by atoms with E-state index in [2.05, 4.69) is 11.9 Å². The van der Waals surface area contributed by atoms with Crippen LogP contribution in [0.5, 0.6) is 0 Å². The summed E-state index contributed by atoms with van der Waals surface area (Å²) in [5.41, 5.74) is 7.17. The Bertz CT molecular complexity index is 508. The van der Waals surface area contributed by atoms with Crippen molar-refractivity contribution >= 4 is 36.7 Å². The number of hydrogen-bond acceptors (Lipinski definition) is 1. The molecule has 1 aromatic rings. The molecule has 0 aliphatic carbocycles. The van der Waals surface area contributed by atoms with Crippen LogP contribution in [0.25, 0.3) is 0 Å². The van der Waals surface area contributed by atoms with Gasteiger partial charge in [0.1, 0.15) is 0 Å². The number of halogens is 2. The second-order valence-corrected chi connectivity index (χ2v) is 6.32. The summed E-state index contributed by atoms with van der Waals surface area (Å²) >= 11 is 0. The highest BCUT2D eigenvalue weighted by Crippen LogP contribution is 2.06. The molecule has 0 atom stereocenters. The van der Waals surface area contributed by atoms with Gasteiger partial charge in [-0.05, 0) is 12.0 Å². The van der Waals surface area contributed by atoms with Crippen molar-refractivity contribution in [1.29, 1.82) is 5.41 Å². The van der Waals surface area contributed by atoms with Gasteiger partial charge in [-0.2, -0.15) is 4.99 Å². The van der Waals surface area contributed by atoms with Crippen LogP contribution in [-0.2, 0) is 6.54 Å². The highest BCUT2D eigenvalue weighted by atomic mass is 35.5. The Balaban J connectivity index is 0. The van der Waals surface area contributed by atoms with Crippen LogP contribution in [0.15, 0.2) is 35.3 Å². The fourth-order valence-corrected chi connectivity index (χ4v) is 2.46. The largest absolute Gasteiger partial charge is 0.369 e. The maximum absolute atomic E-state index is 8.09. The summed E-state index contributed by atoms with van der Waals surface area (Å²) in [5.74, 6) is 0.597. The number of nitrogens with zero attached hydrogens (tertiary/aromatic N) is 3. The van der Waals surface area contributed by atoms with Gasteiger partial charge in [-0.25, -0.2) is 0 Å². The third-order valence-corrected chi connectivity index (χ3v) is 4.08. The molecule has 0 aromatic heterocycles. The molecule has 3 N–H and O–H groups in total. The fraction of sp³-hybridized carbons (Fsp3) is 0.579. The van der Waals surface area contributed by atoms with Crippen molar-refractivity contribution in [2.45, 2.75) is 52.0 Å². The summed E-state index contributed by atoms with van der Waals surface area (Å²) in [7, 11) is 3.80. The Morgan fingerprint density at radius 3 is 2.15 bits per heavy atom. The standard InChI is InChI=1S/C19H33N5.2ClH/c1-4-5-6-7-8-12-15-23(2)18(20)22-19(21)24(3)16-17-13-10-9-11-14-17;;/h9-11,13-14H,4-8,12,15-16H2,1-3H3,(H3,20,21,22);2*1H. The third kappa shape index (κ3) is 11.2. The minimum atomic E-state index is 0. The molecule has 26 heavy (non-hydrogen) atoms.